The van der Waals surface area contributed by atoms with Gasteiger partial charge < -0.3 is 10.1 Å². The van der Waals surface area contributed by atoms with Crippen LogP contribution >= 0.6 is 0 Å². The standard InChI is InChI=1S/C19H18N6O2.2C2H6/c1-24-11-12-8-16(17(9-15(12)23-24)27-13-4-2-5-13)22-19(26)14-10-21-25-7-3-6-20-18(14)25;2*1-2/h3,6-11,13H,2,4-5H2,1H3,(H,22,26);2*1-2H3. The maximum atomic E-state index is 12.9. The number of hydrogen-bond donors (Lipinski definition) is 1. The highest BCUT2D eigenvalue weighted by Gasteiger charge is 2.22. The van der Waals surface area contributed by atoms with Gasteiger partial charge in [-0.05, 0) is 31.4 Å². The van der Waals surface area contributed by atoms with Crippen molar-refractivity contribution in [3.8, 4) is 5.75 Å². The van der Waals surface area contributed by atoms with Gasteiger partial charge in [0, 0.05) is 37.1 Å². The van der Waals surface area contributed by atoms with E-state index in [9.17, 15) is 4.79 Å². The van der Waals surface area contributed by atoms with Gasteiger partial charge in [-0.1, -0.05) is 27.7 Å². The second-order valence-corrected chi connectivity index (χ2v) is 6.78. The quantitative estimate of drug-likeness (QED) is 0.508. The first kappa shape index (κ1) is 22.3. The van der Waals surface area contributed by atoms with Gasteiger partial charge in [0.2, 0.25) is 0 Å². The SMILES string of the molecule is CC.CC.Cn1cc2cc(NC(=O)c3cnn4cccnc34)c(OC3CCC3)cc2n1. The van der Waals surface area contributed by atoms with Crippen LogP contribution in [0.4, 0.5) is 5.69 Å². The minimum Gasteiger partial charge on any atom is -0.488 e. The highest BCUT2D eigenvalue weighted by molar-refractivity contribution is 6.09. The van der Waals surface area contributed by atoms with E-state index in [0.29, 0.717) is 22.6 Å². The molecule has 1 aliphatic carbocycles. The Morgan fingerprint density at radius 1 is 1.19 bits per heavy atom. The van der Waals surface area contributed by atoms with E-state index >= 15 is 0 Å². The van der Waals surface area contributed by atoms with Crippen molar-refractivity contribution in [1.82, 2.24) is 24.4 Å². The Balaban J connectivity index is 0.000000645. The molecular formula is C23H30N6O2. The molecule has 0 aliphatic heterocycles. The lowest BCUT2D eigenvalue weighted by Gasteiger charge is -2.27. The molecule has 0 atom stereocenters. The summed E-state index contributed by atoms with van der Waals surface area (Å²) < 4.78 is 9.43. The van der Waals surface area contributed by atoms with Crippen LogP contribution in [0.15, 0.2) is 43.0 Å². The Labute approximate surface area is 182 Å². The number of hydrogen-bond acceptors (Lipinski definition) is 5. The molecule has 0 bridgehead atoms. The van der Waals surface area contributed by atoms with Crippen LogP contribution in [-0.2, 0) is 7.05 Å². The highest BCUT2D eigenvalue weighted by atomic mass is 16.5. The maximum absolute atomic E-state index is 12.9. The van der Waals surface area contributed by atoms with Gasteiger partial charge in [0.1, 0.15) is 11.3 Å². The molecule has 3 heterocycles. The summed E-state index contributed by atoms with van der Waals surface area (Å²) in [6.07, 6.45) is 10.3. The first-order chi connectivity index (χ1) is 15.2. The number of amides is 1. The molecule has 5 rings (SSSR count). The topological polar surface area (TPSA) is 86.3 Å². The molecule has 3 aromatic heterocycles. The number of aryl methyl sites for hydroxylation is 1. The number of ether oxygens (including phenoxy) is 1. The van der Waals surface area contributed by atoms with Gasteiger partial charge in [0.15, 0.2) is 5.65 Å². The van der Waals surface area contributed by atoms with Crippen LogP contribution in [0, 0.1) is 0 Å². The van der Waals surface area contributed by atoms with E-state index in [0.717, 1.165) is 23.7 Å². The fourth-order valence-electron chi connectivity index (χ4n) is 3.22. The van der Waals surface area contributed by atoms with Crippen LogP contribution in [0.25, 0.3) is 16.6 Å². The van der Waals surface area contributed by atoms with E-state index in [4.69, 9.17) is 4.74 Å². The molecule has 1 aromatic carbocycles. The number of nitrogens with one attached hydrogen (secondary N) is 1. The van der Waals surface area contributed by atoms with Crippen LogP contribution in [0.5, 0.6) is 5.75 Å². The summed E-state index contributed by atoms with van der Waals surface area (Å²) in [6, 6.07) is 5.55. The lowest BCUT2D eigenvalue weighted by Crippen LogP contribution is -2.25. The van der Waals surface area contributed by atoms with E-state index in [1.807, 2.05) is 53.1 Å². The first-order valence-electron chi connectivity index (χ1n) is 10.9. The minimum absolute atomic E-state index is 0.195. The van der Waals surface area contributed by atoms with Crippen molar-refractivity contribution in [1.29, 1.82) is 0 Å². The van der Waals surface area contributed by atoms with Crippen molar-refractivity contribution in [2.24, 2.45) is 7.05 Å². The average Bonchev–Trinajstić information content (AvgIpc) is 3.36. The van der Waals surface area contributed by atoms with Crippen molar-refractivity contribution in [2.75, 3.05) is 5.32 Å². The Hall–Kier alpha value is -3.42. The van der Waals surface area contributed by atoms with Crippen molar-refractivity contribution >= 4 is 28.1 Å². The van der Waals surface area contributed by atoms with Crippen molar-refractivity contribution in [2.45, 2.75) is 53.1 Å². The fourth-order valence-corrected chi connectivity index (χ4v) is 3.22. The van der Waals surface area contributed by atoms with Crippen LogP contribution in [0.3, 0.4) is 0 Å². The Morgan fingerprint density at radius 2 is 1.97 bits per heavy atom. The summed E-state index contributed by atoms with van der Waals surface area (Å²) in [5.74, 6) is 0.370. The minimum atomic E-state index is -0.273. The van der Waals surface area contributed by atoms with Gasteiger partial charge in [-0.25, -0.2) is 9.50 Å². The number of fused-ring (bicyclic) bond motifs is 2. The average molecular weight is 423 g/mol. The van der Waals surface area contributed by atoms with Crippen LogP contribution in [0.1, 0.15) is 57.3 Å². The van der Waals surface area contributed by atoms with Crippen LogP contribution in [-0.4, -0.2) is 36.4 Å². The summed E-state index contributed by atoms with van der Waals surface area (Å²) in [6.45, 7) is 8.00. The van der Waals surface area contributed by atoms with Crippen LogP contribution < -0.4 is 10.1 Å². The number of aromatic nitrogens is 5. The summed E-state index contributed by atoms with van der Waals surface area (Å²) in [4.78, 5) is 17.1. The van der Waals surface area contributed by atoms with E-state index in [2.05, 4.69) is 20.5 Å². The van der Waals surface area contributed by atoms with Crippen molar-refractivity contribution < 1.29 is 9.53 Å². The smallest absolute Gasteiger partial charge is 0.261 e. The number of nitrogens with zero attached hydrogens (tertiary/aromatic N) is 5. The third-order valence-corrected chi connectivity index (χ3v) is 4.84. The van der Waals surface area contributed by atoms with Crippen molar-refractivity contribution in [3.63, 3.8) is 0 Å². The molecular weight excluding hydrogens is 392 g/mol. The normalized spacial score (nSPS) is 12.9. The summed E-state index contributed by atoms with van der Waals surface area (Å²) in [5.41, 5.74) is 2.39. The summed E-state index contributed by atoms with van der Waals surface area (Å²) in [7, 11) is 1.87. The van der Waals surface area contributed by atoms with E-state index in [-0.39, 0.29) is 12.0 Å². The molecule has 31 heavy (non-hydrogen) atoms. The third kappa shape index (κ3) is 4.68. The van der Waals surface area contributed by atoms with E-state index in [1.165, 1.54) is 12.6 Å². The largest absolute Gasteiger partial charge is 0.488 e. The molecule has 4 aromatic rings. The molecule has 0 spiro atoms. The molecule has 1 saturated carbocycles. The predicted octanol–water partition coefficient (Wildman–Crippen LogP) is 4.85. The Bertz CT molecular complexity index is 1160. The molecule has 1 amide bonds. The zero-order chi connectivity index (χ0) is 22.4. The molecule has 1 aliphatic rings. The molecule has 0 radical (unpaired) electrons. The maximum Gasteiger partial charge on any atom is 0.261 e. The summed E-state index contributed by atoms with van der Waals surface area (Å²) in [5, 5.41) is 12.5. The molecule has 0 saturated heterocycles. The second-order valence-electron chi connectivity index (χ2n) is 6.78. The molecule has 1 fully saturated rings. The monoisotopic (exact) mass is 422 g/mol. The van der Waals surface area contributed by atoms with Crippen molar-refractivity contribution in [3.05, 3.63) is 48.5 Å². The Kier molecular flexibility index (Phi) is 7.23. The highest BCUT2D eigenvalue weighted by Crippen LogP contribution is 2.34. The van der Waals surface area contributed by atoms with Gasteiger partial charge in [-0.3, -0.25) is 9.48 Å². The lowest BCUT2D eigenvalue weighted by atomic mass is 9.96. The fraction of sp³-hybridized carbons (Fsp3) is 0.391. The number of anilines is 1. The molecule has 1 N–H and O–H groups in total. The predicted molar refractivity (Wildman–Crippen MR) is 123 cm³/mol. The van der Waals surface area contributed by atoms with E-state index < -0.39 is 0 Å². The molecule has 0 unspecified atom stereocenters. The van der Waals surface area contributed by atoms with Crippen LogP contribution in [0.2, 0.25) is 0 Å². The van der Waals surface area contributed by atoms with Gasteiger partial charge >= 0.3 is 0 Å². The van der Waals surface area contributed by atoms with Gasteiger partial charge in [-0.15, -0.1) is 0 Å². The number of carbonyl (C=O) groups is 1. The van der Waals surface area contributed by atoms with Gasteiger partial charge in [0.25, 0.3) is 5.91 Å². The molecule has 8 heteroatoms. The third-order valence-electron chi connectivity index (χ3n) is 4.84. The number of benzene rings is 1. The zero-order valence-corrected chi connectivity index (χ0v) is 18.8. The zero-order valence-electron chi connectivity index (χ0n) is 18.8. The van der Waals surface area contributed by atoms with E-state index in [1.54, 1.807) is 27.7 Å². The molecule has 164 valence electrons. The number of carbonyl (C=O) groups excluding carboxylic acids is 1. The second kappa shape index (κ2) is 10.1. The van der Waals surface area contributed by atoms with Gasteiger partial charge in [-0.2, -0.15) is 10.2 Å². The lowest BCUT2D eigenvalue weighted by molar-refractivity contribution is 0.102. The molecule has 8 nitrogen and oxygen atoms in total. The Morgan fingerprint density at radius 3 is 2.68 bits per heavy atom. The number of rotatable bonds is 4. The first-order valence-corrected chi connectivity index (χ1v) is 10.9. The van der Waals surface area contributed by atoms with Gasteiger partial charge in [0.05, 0.1) is 23.5 Å². The summed E-state index contributed by atoms with van der Waals surface area (Å²) >= 11 is 0.